The number of rotatable bonds is 5. The summed E-state index contributed by atoms with van der Waals surface area (Å²) in [6.45, 7) is 2.85. The summed E-state index contributed by atoms with van der Waals surface area (Å²) in [5, 5.41) is 14.5. The van der Waals surface area contributed by atoms with Crippen molar-refractivity contribution in [3.63, 3.8) is 0 Å². The lowest BCUT2D eigenvalue weighted by molar-refractivity contribution is 0.157. The Hall–Kier alpha value is -2.15. The molecule has 25 heavy (non-hydrogen) atoms. The molecule has 0 saturated carbocycles. The molecular weight excluding hydrogens is 332 g/mol. The Labute approximate surface area is 151 Å². The number of anilines is 2. The van der Waals surface area contributed by atoms with Crippen LogP contribution in [-0.2, 0) is 13.0 Å². The minimum Gasteiger partial charge on any atom is -0.398 e. The Balaban J connectivity index is 1.35. The highest BCUT2D eigenvalue weighted by Gasteiger charge is 2.17. The van der Waals surface area contributed by atoms with Crippen LogP contribution < -0.4 is 11.1 Å². The third-order valence-electron chi connectivity index (χ3n) is 4.76. The first-order valence-corrected chi connectivity index (χ1v) is 9.35. The van der Waals surface area contributed by atoms with Gasteiger partial charge in [-0.1, -0.05) is 30.3 Å². The van der Waals surface area contributed by atoms with E-state index in [0.717, 1.165) is 41.8 Å². The van der Waals surface area contributed by atoms with Crippen LogP contribution in [0, 0.1) is 0 Å². The molecule has 0 bridgehead atoms. The number of aliphatic hydroxyl groups is 1. The molecule has 0 saturated heterocycles. The number of nitrogens with zero attached hydrogens (tertiary/aromatic N) is 2. The summed E-state index contributed by atoms with van der Waals surface area (Å²) in [7, 11) is 0. The smallest absolute Gasteiger partial charge is 0.149 e. The zero-order valence-electron chi connectivity index (χ0n) is 14.0. The van der Waals surface area contributed by atoms with Crippen molar-refractivity contribution in [2.45, 2.75) is 25.6 Å². The van der Waals surface area contributed by atoms with Crippen LogP contribution in [0.3, 0.4) is 0 Å². The molecule has 1 atom stereocenters. The SMILES string of the molecule is Nc1cccc2c(NC(O)CCN3CCc4ccccc4C3)nsc12. The molecule has 4 rings (SSSR count). The van der Waals surface area contributed by atoms with E-state index < -0.39 is 6.23 Å². The zero-order valence-corrected chi connectivity index (χ0v) is 14.8. The van der Waals surface area contributed by atoms with Crippen LogP contribution in [0.1, 0.15) is 17.5 Å². The number of benzene rings is 2. The maximum Gasteiger partial charge on any atom is 0.149 e. The molecule has 0 amide bonds. The molecule has 1 aliphatic rings. The van der Waals surface area contributed by atoms with Gasteiger partial charge in [-0.3, -0.25) is 4.90 Å². The monoisotopic (exact) mass is 354 g/mol. The largest absolute Gasteiger partial charge is 0.398 e. The van der Waals surface area contributed by atoms with Gasteiger partial charge in [0.15, 0.2) is 0 Å². The minimum absolute atomic E-state index is 0.621. The fourth-order valence-corrected chi connectivity index (χ4v) is 4.14. The van der Waals surface area contributed by atoms with Crippen molar-refractivity contribution in [2.75, 3.05) is 24.1 Å². The van der Waals surface area contributed by atoms with Gasteiger partial charge in [0.2, 0.25) is 0 Å². The van der Waals surface area contributed by atoms with E-state index in [1.807, 2.05) is 18.2 Å². The number of nitrogens with two attached hydrogens (primary N) is 1. The summed E-state index contributed by atoms with van der Waals surface area (Å²) in [6, 6.07) is 14.4. The van der Waals surface area contributed by atoms with Gasteiger partial charge in [0.25, 0.3) is 0 Å². The fourth-order valence-electron chi connectivity index (χ4n) is 3.37. The second kappa shape index (κ2) is 7.00. The van der Waals surface area contributed by atoms with E-state index in [2.05, 4.69) is 38.9 Å². The maximum absolute atomic E-state index is 10.4. The lowest BCUT2D eigenvalue weighted by Crippen LogP contribution is -2.34. The highest BCUT2D eigenvalue weighted by Crippen LogP contribution is 2.31. The number of nitrogen functional groups attached to an aromatic ring is 1. The average molecular weight is 354 g/mol. The van der Waals surface area contributed by atoms with Gasteiger partial charge in [0.05, 0.1) is 10.4 Å². The van der Waals surface area contributed by atoms with Crippen molar-refractivity contribution in [2.24, 2.45) is 0 Å². The van der Waals surface area contributed by atoms with Gasteiger partial charge in [0, 0.05) is 31.4 Å². The Morgan fingerprint density at radius 1 is 1.20 bits per heavy atom. The standard InChI is InChI=1S/C19H22N4OS/c20-16-7-3-6-15-18(16)25-22-19(15)21-17(24)9-11-23-10-8-13-4-1-2-5-14(13)12-23/h1-7,17,24H,8-12,20H2,(H,21,22). The lowest BCUT2D eigenvalue weighted by atomic mass is 10.00. The molecule has 6 heteroatoms. The average Bonchev–Trinajstić information content (AvgIpc) is 3.04. The van der Waals surface area contributed by atoms with E-state index in [4.69, 9.17) is 5.73 Å². The van der Waals surface area contributed by atoms with Gasteiger partial charge in [-0.05, 0) is 41.2 Å². The van der Waals surface area contributed by atoms with Crippen molar-refractivity contribution in [3.8, 4) is 0 Å². The number of fused-ring (bicyclic) bond motifs is 2. The van der Waals surface area contributed by atoms with Crippen LogP contribution in [0.5, 0.6) is 0 Å². The molecule has 0 radical (unpaired) electrons. The fraction of sp³-hybridized carbons (Fsp3) is 0.316. The number of hydrogen-bond acceptors (Lipinski definition) is 6. The van der Waals surface area contributed by atoms with E-state index in [9.17, 15) is 5.11 Å². The molecule has 2 aromatic carbocycles. The first-order valence-electron chi connectivity index (χ1n) is 8.58. The first kappa shape index (κ1) is 16.3. The van der Waals surface area contributed by atoms with E-state index in [1.54, 1.807) is 0 Å². The van der Waals surface area contributed by atoms with Gasteiger partial charge >= 0.3 is 0 Å². The highest BCUT2D eigenvalue weighted by atomic mass is 32.1. The van der Waals surface area contributed by atoms with Crippen molar-refractivity contribution in [3.05, 3.63) is 53.6 Å². The number of aliphatic hydroxyl groups excluding tert-OH is 1. The van der Waals surface area contributed by atoms with Crippen molar-refractivity contribution >= 4 is 33.1 Å². The number of nitrogens with one attached hydrogen (secondary N) is 1. The molecule has 1 aromatic heterocycles. The molecule has 130 valence electrons. The lowest BCUT2D eigenvalue weighted by Gasteiger charge is -2.29. The topological polar surface area (TPSA) is 74.4 Å². The Morgan fingerprint density at radius 3 is 2.92 bits per heavy atom. The number of hydrogen-bond donors (Lipinski definition) is 3. The molecule has 0 aliphatic carbocycles. The van der Waals surface area contributed by atoms with E-state index in [1.165, 1.54) is 22.7 Å². The van der Waals surface area contributed by atoms with Gasteiger partial charge in [-0.25, -0.2) is 0 Å². The van der Waals surface area contributed by atoms with Crippen molar-refractivity contribution < 1.29 is 5.11 Å². The quantitative estimate of drug-likeness (QED) is 0.485. The third kappa shape index (κ3) is 3.46. The zero-order chi connectivity index (χ0) is 17.2. The molecule has 1 unspecified atom stereocenters. The Bertz CT molecular complexity index is 879. The van der Waals surface area contributed by atoms with E-state index >= 15 is 0 Å². The molecule has 3 aromatic rings. The summed E-state index contributed by atoms with van der Waals surface area (Å²) in [6.07, 6.45) is 1.11. The van der Waals surface area contributed by atoms with Crippen molar-refractivity contribution in [1.29, 1.82) is 0 Å². The van der Waals surface area contributed by atoms with Crippen molar-refractivity contribution in [1.82, 2.24) is 9.27 Å². The highest BCUT2D eigenvalue weighted by molar-refractivity contribution is 7.14. The molecule has 5 nitrogen and oxygen atoms in total. The Kier molecular flexibility index (Phi) is 4.57. The van der Waals surface area contributed by atoms with Crippen LogP contribution in [-0.4, -0.2) is 33.7 Å². The minimum atomic E-state index is -0.621. The molecular formula is C19H22N4OS. The number of aromatic nitrogens is 1. The predicted molar refractivity (Wildman–Crippen MR) is 104 cm³/mol. The summed E-state index contributed by atoms with van der Waals surface area (Å²) < 4.78 is 5.36. The molecule has 1 aliphatic heterocycles. The van der Waals surface area contributed by atoms with Gasteiger partial charge < -0.3 is 16.2 Å². The summed E-state index contributed by atoms with van der Waals surface area (Å²) in [5.41, 5.74) is 9.54. The Morgan fingerprint density at radius 2 is 2.04 bits per heavy atom. The van der Waals surface area contributed by atoms with Crippen LogP contribution in [0.4, 0.5) is 11.5 Å². The van der Waals surface area contributed by atoms with E-state index in [0.29, 0.717) is 12.2 Å². The van der Waals surface area contributed by atoms with Crippen LogP contribution >= 0.6 is 11.5 Å². The van der Waals surface area contributed by atoms with Gasteiger partial charge in [-0.2, -0.15) is 4.37 Å². The molecule has 0 spiro atoms. The summed E-state index contributed by atoms with van der Waals surface area (Å²) in [5.74, 6) is 0.712. The molecule has 2 heterocycles. The second-order valence-electron chi connectivity index (χ2n) is 6.50. The second-order valence-corrected chi connectivity index (χ2v) is 7.27. The van der Waals surface area contributed by atoms with Crippen LogP contribution in [0.2, 0.25) is 0 Å². The molecule has 4 N–H and O–H groups in total. The van der Waals surface area contributed by atoms with Gasteiger partial charge in [0.1, 0.15) is 12.0 Å². The molecule has 0 fully saturated rings. The van der Waals surface area contributed by atoms with Crippen LogP contribution in [0.25, 0.3) is 10.1 Å². The summed E-state index contributed by atoms with van der Waals surface area (Å²) >= 11 is 1.36. The predicted octanol–water partition coefficient (Wildman–Crippen LogP) is 3.06. The van der Waals surface area contributed by atoms with E-state index in [-0.39, 0.29) is 0 Å². The normalized spacial score (nSPS) is 15.9. The summed E-state index contributed by atoms with van der Waals surface area (Å²) in [4.78, 5) is 2.39. The maximum atomic E-state index is 10.4. The third-order valence-corrected chi connectivity index (χ3v) is 5.67. The first-order chi connectivity index (χ1) is 12.2. The van der Waals surface area contributed by atoms with Crippen LogP contribution in [0.15, 0.2) is 42.5 Å². The van der Waals surface area contributed by atoms with Gasteiger partial charge in [-0.15, -0.1) is 0 Å².